The van der Waals surface area contributed by atoms with Gasteiger partial charge in [-0.1, -0.05) is 30.3 Å². The third kappa shape index (κ3) is 7.43. The van der Waals surface area contributed by atoms with E-state index in [1.165, 1.54) is 18.5 Å². The van der Waals surface area contributed by atoms with Crippen LogP contribution in [0.2, 0.25) is 0 Å². The maximum Gasteiger partial charge on any atom is 0.316 e. The minimum absolute atomic E-state index is 0. The zero-order valence-corrected chi connectivity index (χ0v) is 18.7. The van der Waals surface area contributed by atoms with Gasteiger partial charge in [0.1, 0.15) is 30.4 Å². The van der Waals surface area contributed by atoms with Gasteiger partial charge in [0, 0.05) is 35.5 Å². The number of aromatic nitrogens is 2. The summed E-state index contributed by atoms with van der Waals surface area (Å²) in [6.45, 7) is 0.125. The summed E-state index contributed by atoms with van der Waals surface area (Å²) >= 11 is 0. The molecule has 0 radical (unpaired) electrons. The summed E-state index contributed by atoms with van der Waals surface area (Å²) in [5.41, 5.74) is 7.17. The van der Waals surface area contributed by atoms with Crippen molar-refractivity contribution >= 4 is 24.2 Å². The van der Waals surface area contributed by atoms with E-state index < -0.39 is 11.8 Å². The van der Waals surface area contributed by atoms with E-state index in [1.807, 2.05) is 24.3 Å². The second kappa shape index (κ2) is 12.4. The van der Waals surface area contributed by atoms with Crippen LogP contribution in [0.5, 0.6) is 11.8 Å². The Balaban J connectivity index is 0.00000385. The molecule has 1 aromatic heterocycles. The number of nitrogens with zero attached hydrogens (tertiary/aromatic N) is 2. The van der Waals surface area contributed by atoms with Crippen molar-refractivity contribution in [2.45, 2.75) is 19.4 Å². The Kier molecular flexibility index (Phi) is 9.56. The third-order valence-corrected chi connectivity index (χ3v) is 4.52. The van der Waals surface area contributed by atoms with Gasteiger partial charge in [-0.3, -0.25) is 10.2 Å². The summed E-state index contributed by atoms with van der Waals surface area (Å²) in [6, 6.07) is 12.6. The SMILES string of the molecule is COc1ccc(CCOc2ncc(-c3cccc(COC(=O)CC(=N)N)c3F)cn2)cc1.Cl. The smallest absolute Gasteiger partial charge is 0.316 e. The zero-order valence-electron chi connectivity index (χ0n) is 17.9. The molecule has 3 rings (SSSR count). The van der Waals surface area contributed by atoms with Crippen molar-refractivity contribution in [1.29, 1.82) is 5.41 Å². The van der Waals surface area contributed by atoms with Crippen LogP contribution in [0.3, 0.4) is 0 Å². The Morgan fingerprint density at radius 1 is 1.12 bits per heavy atom. The largest absolute Gasteiger partial charge is 0.497 e. The topological polar surface area (TPSA) is 120 Å². The van der Waals surface area contributed by atoms with E-state index in [0.29, 0.717) is 18.6 Å². The van der Waals surface area contributed by atoms with Gasteiger partial charge in [0.05, 0.1) is 13.7 Å². The Morgan fingerprint density at radius 3 is 2.45 bits per heavy atom. The number of halogens is 2. The summed E-state index contributed by atoms with van der Waals surface area (Å²) in [7, 11) is 1.62. The second-order valence-electron chi connectivity index (χ2n) is 6.84. The molecule has 0 aliphatic heterocycles. The highest BCUT2D eigenvalue weighted by Gasteiger charge is 2.13. The van der Waals surface area contributed by atoms with E-state index in [-0.39, 0.29) is 48.4 Å². The van der Waals surface area contributed by atoms with Crippen LogP contribution in [-0.4, -0.2) is 35.5 Å². The highest BCUT2D eigenvalue weighted by atomic mass is 35.5. The van der Waals surface area contributed by atoms with Crippen LogP contribution in [-0.2, 0) is 22.6 Å². The Morgan fingerprint density at radius 2 is 1.82 bits per heavy atom. The van der Waals surface area contributed by atoms with Gasteiger partial charge in [-0.15, -0.1) is 12.4 Å². The number of hydrogen-bond acceptors (Lipinski definition) is 7. The van der Waals surface area contributed by atoms with Crippen molar-refractivity contribution in [2.24, 2.45) is 5.73 Å². The lowest BCUT2D eigenvalue weighted by Gasteiger charge is -2.10. The van der Waals surface area contributed by atoms with Crippen LogP contribution >= 0.6 is 12.4 Å². The maximum atomic E-state index is 14.9. The second-order valence-corrected chi connectivity index (χ2v) is 6.84. The average molecular weight is 475 g/mol. The van der Waals surface area contributed by atoms with Gasteiger partial charge in [0.25, 0.3) is 0 Å². The van der Waals surface area contributed by atoms with E-state index in [0.717, 1.165) is 11.3 Å². The third-order valence-electron chi connectivity index (χ3n) is 4.52. The lowest BCUT2D eigenvalue weighted by Crippen LogP contribution is -2.17. The van der Waals surface area contributed by atoms with E-state index >= 15 is 0 Å². The molecule has 174 valence electrons. The summed E-state index contributed by atoms with van der Waals surface area (Å²) in [5, 5.41) is 7.09. The molecule has 3 N–H and O–H groups in total. The molecular formula is C23H24ClFN4O4. The number of rotatable bonds is 10. The minimum Gasteiger partial charge on any atom is -0.497 e. The van der Waals surface area contributed by atoms with Crippen LogP contribution < -0.4 is 15.2 Å². The quantitative estimate of drug-likeness (QED) is 0.261. The van der Waals surface area contributed by atoms with Crippen LogP contribution in [0.4, 0.5) is 4.39 Å². The van der Waals surface area contributed by atoms with Crippen molar-refractivity contribution in [2.75, 3.05) is 13.7 Å². The minimum atomic E-state index is -0.693. The number of esters is 1. The average Bonchev–Trinajstić information content (AvgIpc) is 2.79. The number of nitrogens with one attached hydrogen (secondary N) is 1. The molecule has 0 bridgehead atoms. The highest BCUT2D eigenvalue weighted by Crippen LogP contribution is 2.25. The number of ether oxygens (including phenoxy) is 3. The summed E-state index contributed by atoms with van der Waals surface area (Å²) in [6.07, 6.45) is 3.28. The van der Waals surface area contributed by atoms with E-state index in [9.17, 15) is 9.18 Å². The molecule has 8 nitrogen and oxygen atoms in total. The van der Waals surface area contributed by atoms with Crippen molar-refractivity contribution in [3.05, 3.63) is 71.8 Å². The molecule has 0 aliphatic rings. The normalized spacial score (nSPS) is 10.1. The van der Waals surface area contributed by atoms with E-state index in [4.69, 9.17) is 25.4 Å². The first-order valence-electron chi connectivity index (χ1n) is 9.80. The maximum absolute atomic E-state index is 14.9. The molecule has 0 amide bonds. The molecule has 3 aromatic rings. The van der Waals surface area contributed by atoms with Crippen LogP contribution in [0.25, 0.3) is 11.1 Å². The molecule has 33 heavy (non-hydrogen) atoms. The number of amidine groups is 1. The van der Waals surface area contributed by atoms with Crippen LogP contribution in [0.1, 0.15) is 17.5 Å². The van der Waals surface area contributed by atoms with Crippen LogP contribution in [0, 0.1) is 11.2 Å². The fraction of sp³-hybridized carbons (Fsp3) is 0.217. The lowest BCUT2D eigenvalue weighted by atomic mass is 10.1. The van der Waals surface area contributed by atoms with E-state index in [1.54, 1.807) is 19.2 Å². The Labute approximate surface area is 196 Å². The monoisotopic (exact) mass is 474 g/mol. The van der Waals surface area contributed by atoms with Gasteiger partial charge in [0.2, 0.25) is 0 Å². The lowest BCUT2D eigenvalue weighted by molar-refractivity contribution is -0.143. The molecule has 0 saturated carbocycles. The molecule has 10 heteroatoms. The molecule has 2 aromatic carbocycles. The Bertz CT molecular complexity index is 1080. The fourth-order valence-corrected chi connectivity index (χ4v) is 2.86. The molecular weight excluding hydrogens is 451 g/mol. The number of benzene rings is 2. The first kappa shape index (κ1) is 25.5. The van der Waals surface area contributed by atoms with Crippen molar-refractivity contribution in [3.8, 4) is 22.9 Å². The molecule has 0 aliphatic carbocycles. The predicted molar refractivity (Wildman–Crippen MR) is 123 cm³/mol. The molecule has 0 spiro atoms. The van der Waals surface area contributed by atoms with E-state index in [2.05, 4.69) is 9.97 Å². The van der Waals surface area contributed by atoms with Gasteiger partial charge in [-0.25, -0.2) is 14.4 Å². The summed E-state index contributed by atoms with van der Waals surface area (Å²) in [5.74, 6) is -0.756. The molecule has 0 atom stereocenters. The first-order chi connectivity index (χ1) is 15.5. The fourth-order valence-electron chi connectivity index (χ4n) is 2.86. The van der Waals surface area contributed by atoms with Gasteiger partial charge in [0.15, 0.2) is 0 Å². The number of methoxy groups -OCH3 is 1. The van der Waals surface area contributed by atoms with Gasteiger partial charge in [-0.2, -0.15) is 0 Å². The number of carbonyl (C=O) groups excluding carboxylic acids is 1. The summed E-state index contributed by atoms with van der Waals surface area (Å²) in [4.78, 5) is 19.8. The molecule has 0 fully saturated rings. The number of nitrogens with two attached hydrogens (primary N) is 1. The molecule has 0 saturated heterocycles. The highest BCUT2D eigenvalue weighted by molar-refractivity contribution is 5.94. The standard InChI is InChI=1S/C23H23FN4O4.ClH/c1-30-18-7-5-15(6-8-18)9-10-31-23-27-12-17(13-28-23)19-4-2-3-16(22(19)24)14-32-21(29)11-20(25)26;/h2-8,12-13H,9-11,14H2,1H3,(H3,25,26);1H. The zero-order chi connectivity index (χ0) is 22.9. The van der Waals surface area contributed by atoms with Crippen molar-refractivity contribution in [3.63, 3.8) is 0 Å². The Hall–Kier alpha value is -3.72. The van der Waals surface area contributed by atoms with Crippen molar-refractivity contribution < 1.29 is 23.4 Å². The van der Waals surface area contributed by atoms with Crippen molar-refractivity contribution in [1.82, 2.24) is 9.97 Å². The van der Waals surface area contributed by atoms with Gasteiger partial charge in [-0.05, 0) is 17.7 Å². The predicted octanol–water partition coefficient (Wildman–Crippen LogP) is 3.70. The molecule has 0 unspecified atom stereocenters. The van der Waals surface area contributed by atoms with Gasteiger partial charge >= 0.3 is 12.0 Å². The number of carbonyl (C=O) groups is 1. The van der Waals surface area contributed by atoms with Gasteiger partial charge < -0.3 is 19.9 Å². The number of hydrogen-bond donors (Lipinski definition) is 2. The first-order valence-corrected chi connectivity index (χ1v) is 9.80. The molecule has 1 heterocycles. The van der Waals surface area contributed by atoms with Crippen LogP contribution in [0.15, 0.2) is 54.9 Å². The summed E-state index contributed by atoms with van der Waals surface area (Å²) < 4.78 is 30.5.